The maximum absolute atomic E-state index is 13.1. The second kappa shape index (κ2) is 8.26. The molecular weight excluding hydrogens is 423 g/mol. The number of hydrogen-bond donors (Lipinski definition) is 4. The number of nitrogens with zero attached hydrogens (tertiary/aromatic N) is 2. The lowest BCUT2D eigenvalue weighted by Gasteiger charge is -2.23. The number of amides is 2. The molecule has 2 heterocycles. The Bertz CT molecular complexity index is 1290. The summed E-state index contributed by atoms with van der Waals surface area (Å²) in [5.41, 5.74) is -0.712. The molecule has 1 atom stereocenters. The van der Waals surface area contributed by atoms with Crippen LogP contribution in [0.15, 0.2) is 53.3 Å². The van der Waals surface area contributed by atoms with E-state index in [2.05, 4.69) is 25.9 Å². The molecule has 32 heavy (non-hydrogen) atoms. The molecule has 1 aliphatic heterocycles. The number of benzene rings is 2. The third-order valence-corrected chi connectivity index (χ3v) is 4.73. The molecule has 4 N–H and O–H groups in total. The van der Waals surface area contributed by atoms with Crippen LogP contribution in [0.5, 0.6) is 0 Å². The zero-order valence-corrected chi connectivity index (χ0v) is 16.2. The first-order chi connectivity index (χ1) is 15.3. The van der Waals surface area contributed by atoms with Crippen LogP contribution in [0.25, 0.3) is 0 Å². The normalized spacial score (nSPS) is 14.8. The van der Waals surface area contributed by atoms with Crippen LogP contribution >= 0.6 is 0 Å². The average molecular weight is 438 g/mol. The van der Waals surface area contributed by atoms with Gasteiger partial charge in [-0.25, -0.2) is 4.39 Å². The number of nitrogens with one attached hydrogen (secondary N) is 4. The zero-order chi connectivity index (χ0) is 22.8. The number of H-pyrrole nitrogens is 1. The van der Waals surface area contributed by atoms with Crippen LogP contribution in [0.3, 0.4) is 0 Å². The first-order valence-electron chi connectivity index (χ1n) is 9.33. The fourth-order valence-corrected chi connectivity index (χ4v) is 3.28. The summed E-state index contributed by atoms with van der Waals surface area (Å²) in [7, 11) is 0. The van der Waals surface area contributed by atoms with E-state index in [0.29, 0.717) is 5.69 Å². The van der Waals surface area contributed by atoms with Crippen molar-refractivity contribution in [2.24, 2.45) is 0 Å². The number of rotatable bonds is 5. The Balaban J connectivity index is 1.65. The number of nitro groups is 1. The molecule has 0 radical (unpaired) electrons. The first-order valence-corrected chi connectivity index (χ1v) is 9.33. The number of aromatic amines is 1. The molecule has 0 spiro atoms. The number of aromatic nitrogens is 2. The number of para-hydroxylation sites is 2. The summed E-state index contributed by atoms with van der Waals surface area (Å²) in [5, 5.41) is 18.8. The summed E-state index contributed by atoms with van der Waals surface area (Å²) in [5.74, 6) is -3.11. The molecule has 3 aromatic rings. The lowest BCUT2D eigenvalue weighted by atomic mass is 9.92. The molecule has 12 heteroatoms. The van der Waals surface area contributed by atoms with Crippen molar-refractivity contribution in [3.8, 4) is 0 Å². The van der Waals surface area contributed by atoms with Crippen LogP contribution in [0.2, 0.25) is 0 Å². The smallest absolute Gasteiger partial charge is 0.292 e. The monoisotopic (exact) mass is 438 g/mol. The van der Waals surface area contributed by atoms with Gasteiger partial charge in [0.05, 0.1) is 16.4 Å². The van der Waals surface area contributed by atoms with Crippen molar-refractivity contribution in [2.75, 3.05) is 16.0 Å². The van der Waals surface area contributed by atoms with Crippen molar-refractivity contribution in [3.63, 3.8) is 0 Å². The summed E-state index contributed by atoms with van der Waals surface area (Å²) in [6.07, 6.45) is -0.338. The highest BCUT2D eigenvalue weighted by atomic mass is 19.1. The van der Waals surface area contributed by atoms with Crippen LogP contribution in [0, 0.1) is 15.9 Å². The van der Waals surface area contributed by atoms with E-state index in [0.717, 1.165) is 0 Å². The fraction of sp³-hybridized carbons (Fsp3) is 0.100. The molecule has 0 saturated carbocycles. The van der Waals surface area contributed by atoms with E-state index in [4.69, 9.17) is 0 Å². The van der Waals surface area contributed by atoms with Gasteiger partial charge in [-0.2, -0.15) is 4.98 Å². The van der Waals surface area contributed by atoms with Crippen molar-refractivity contribution in [2.45, 2.75) is 12.3 Å². The van der Waals surface area contributed by atoms with E-state index in [-0.39, 0.29) is 35.1 Å². The fourth-order valence-electron chi connectivity index (χ4n) is 3.28. The molecule has 0 saturated heterocycles. The zero-order valence-electron chi connectivity index (χ0n) is 16.2. The van der Waals surface area contributed by atoms with Crippen molar-refractivity contribution in [1.82, 2.24) is 9.97 Å². The van der Waals surface area contributed by atoms with Crippen molar-refractivity contribution in [3.05, 3.63) is 80.4 Å². The summed E-state index contributed by atoms with van der Waals surface area (Å²) in [6, 6.07) is 10.8. The van der Waals surface area contributed by atoms with Crippen LogP contribution in [0.4, 0.5) is 33.2 Å². The number of carbonyl (C=O) groups is 2. The molecule has 0 bridgehead atoms. The Morgan fingerprint density at radius 1 is 1.16 bits per heavy atom. The van der Waals surface area contributed by atoms with E-state index in [1.807, 2.05) is 0 Å². The predicted octanol–water partition coefficient (Wildman–Crippen LogP) is 2.63. The lowest BCUT2D eigenvalue weighted by Crippen LogP contribution is -2.36. The third kappa shape index (κ3) is 4.14. The molecule has 1 aromatic heterocycles. The van der Waals surface area contributed by atoms with Gasteiger partial charge in [0.25, 0.3) is 11.2 Å². The van der Waals surface area contributed by atoms with Gasteiger partial charge in [-0.3, -0.25) is 29.5 Å². The van der Waals surface area contributed by atoms with Gasteiger partial charge < -0.3 is 16.0 Å². The summed E-state index contributed by atoms with van der Waals surface area (Å²) in [6.45, 7) is 0. The van der Waals surface area contributed by atoms with Gasteiger partial charge in [-0.05, 0) is 30.3 Å². The van der Waals surface area contributed by atoms with Gasteiger partial charge in [-0.1, -0.05) is 12.1 Å². The highest BCUT2D eigenvalue weighted by molar-refractivity contribution is 6.05. The second-order valence-corrected chi connectivity index (χ2v) is 6.88. The SMILES string of the molecule is O=C1CC(C(=O)Nc2ccccc2[N+](=O)[O-])c2c(nc(Nc3ccc(F)cc3)[nH]c2=O)N1. The maximum Gasteiger partial charge on any atom is 0.292 e. The third-order valence-electron chi connectivity index (χ3n) is 4.73. The molecule has 2 aromatic carbocycles. The minimum atomic E-state index is -1.21. The van der Waals surface area contributed by atoms with E-state index in [1.54, 1.807) is 0 Å². The molecule has 1 unspecified atom stereocenters. The summed E-state index contributed by atoms with van der Waals surface area (Å²) >= 11 is 0. The largest absolute Gasteiger partial charge is 0.326 e. The number of halogens is 1. The topological polar surface area (TPSA) is 159 Å². The summed E-state index contributed by atoms with van der Waals surface area (Å²) < 4.78 is 13.1. The standard InChI is InChI=1S/C20H15FN6O5/c21-10-5-7-11(8-6-10)22-20-25-17-16(19(30)26-20)12(9-15(28)24-17)18(29)23-13-3-1-2-4-14(13)27(31)32/h1-8,12H,9H2,(H,23,29)(H3,22,24,25,26,28,30). The number of fused-ring (bicyclic) bond motifs is 1. The van der Waals surface area contributed by atoms with E-state index in [9.17, 15) is 28.9 Å². The molecule has 11 nitrogen and oxygen atoms in total. The Labute approximate surface area is 178 Å². The highest BCUT2D eigenvalue weighted by Crippen LogP contribution is 2.31. The van der Waals surface area contributed by atoms with Crippen LogP contribution in [0.1, 0.15) is 17.9 Å². The number of hydrogen-bond acceptors (Lipinski definition) is 7. The second-order valence-electron chi connectivity index (χ2n) is 6.88. The quantitative estimate of drug-likeness (QED) is 0.352. The molecule has 2 amide bonds. The van der Waals surface area contributed by atoms with E-state index < -0.39 is 34.0 Å². The minimum Gasteiger partial charge on any atom is -0.326 e. The van der Waals surface area contributed by atoms with Crippen LogP contribution in [-0.4, -0.2) is 26.7 Å². The Hall–Kier alpha value is -4.61. The Morgan fingerprint density at radius 2 is 1.88 bits per heavy atom. The average Bonchev–Trinajstić information content (AvgIpc) is 2.74. The van der Waals surface area contributed by atoms with Crippen LogP contribution < -0.4 is 21.5 Å². The molecule has 162 valence electrons. The molecule has 0 fully saturated rings. The summed E-state index contributed by atoms with van der Waals surface area (Å²) in [4.78, 5) is 54.9. The van der Waals surface area contributed by atoms with Gasteiger partial charge in [0.1, 0.15) is 17.3 Å². The molecule has 0 aliphatic carbocycles. The highest BCUT2D eigenvalue weighted by Gasteiger charge is 2.35. The molecular formula is C20H15FN6O5. The van der Waals surface area contributed by atoms with Gasteiger partial charge in [0, 0.05) is 18.2 Å². The van der Waals surface area contributed by atoms with Gasteiger partial charge >= 0.3 is 0 Å². The van der Waals surface area contributed by atoms with E-state index in [1.165, 1.54) is 48.5 Å². The molecule has 1 aliphatic rings. The number of nitro benzene ring substituents is 1. The van der Waals surface area contributed by atoms with Gasteiger partial charge in [0.2, 0.25) is 17.8 Å². The van der Waals surface area contributed by atoms with Crippen molar-refractivity contribution in [1.29, 1.82) is 0 Å². The van der Waals surface area contributed by atoms with Crippen molar-refractivity contribution < 1.29 is 18.9 Å². The van der Waals surface area contributed by atoms with E-state index >= 15 is 0 Å². The predicted molar refractivity (Wildman–Crippen MR) is 112 cm³/mol. The number of carbonyl (C=O) groups excluding carboxylic acids is 2. The van der Waals surface area contributed by atoms with Crippen LogP contribution in [-0.2, 0) is 9.59 Å². The maximum atomic E-state index is 13.1. The minimum absolute atomic E-state index is 0.0274. The van der Waals surface area contributed by atoms with Gasteiger partial charge in [0.15, 0.2) is 0 Å². The Morgan fingerprint density at radius 3 is 2.59 bits per heavy atom. The lowest BCUT2D eigenvalue weighted by molar-refractivity contribution is -0.383. The van der Waals surface area contributed by atoms with Crippen molar-refractivity contribution >= 4 is 40.6 Å². The Kier molecular flexibility index (Phi) is 5.33. The number of anilines is 4. The van der Waals surface area contributed by atoms with Gasteiger partial charge in [-0.15, -0.1) is 0 Å². The molecule has 4 rings (SSSR count). The first kappa shape index (κ1) is 20.7.